The number of piperidine rings is 2. The van der Waals surface area contributed by atoms with Crippen molar-refractivity contribution in [2.24, 2.45) is 0 Å². The molecule has 1 aromatic rings. The highest BCUT2D eigenvalue weighted by atomic mass is 16.5. The van der Waals surface area contributed by atoms with Gasteiger partial charge >= 0.3 is 0 Å². The Labute approximate surface area is 152 Å². The van der Waals surface area contributed by atoms with E-state index in [1.165, 1.54) is 38.8 Å². The Morgan fingerprint density at radius 2 is 1.84 bits per heavy atom. The molecule has 4 nitrogen and oxygen atoms in total. The van der Waals surface area contributed by atoms with E-state index >= 15 is 0 Å². The molecule has 0 saturated carbocycles. The second-order valence-electron chi connectivity index (χ2n) is 7.48. The first-order valence-electron chi connectivity index (χ1n) is 9.94. The number of hydrogen-bond donors (Lipinski definition) is 0. The van der Waals surface area contributed by atoms with Gasteiger partial charge in [-0.3, -0.25) is 4.79 Å². The zero-order chi connectivity index (χ0) is 17.5. The summed E-state index contributed by atoms with van der Waals surface area (Å²) in [6.07, 6.45) is 8.65. The summed E-state index contributed by atoms with van der Waals surface area (Å²) in [6.45, 7) is 6.66. The second-order valence-corrected chi connectivity index (χ2v) is 7.48. The summed E-state index contributed by atoms with van der Waals surface area (Å²) in [5, 5.41) is 0. The van der Waals surface area contributed by atoms with Gasteiger partial charge in [0, 0.05) is 19.1 Å². The van der Waals surface area contributed by atoms with Crippen LogP contribution < -0.4 is 4.74 Å². The van der Waals surface area contributed by atoms with Gasteiger partial charge in [-0.15, -0.1) is 0 Å². The number of ether oxygens (including phenoxy) is 1. The Balaban J connectivity index is 1.50. The summed E-state index contributed by atoms with van der Waals surface area (Å²) >= 11 is 0. The molecule has 2 aliphatic heterocycles. The van der Waals surface area contributed by atoms with Crippen LogP contribution in [-0.4, -0.2) is 54.5 Å². The average molecular weight is 344 g/mol. The molecule has 2 saturated heterocycles. The van der Waals surface area contributed by atoms with E-state index in [1.54, 1.807) is 0 Å². The molecule has 2 aliphatic rings. The smallest absolute Gasteiger partial charge is 0.260 e. The number of carbonyl (C=O) groups is 1. The van der Waals surface area contributed by atoms with Crippen molar-refractivity contribution >= 4 is 5.91 Å². The molecule has 0 N–H and O–H groups in total. The fraction of sp³-hybridized carbons (Fsp3) is 0.667. The number of rotatable bonds is 6. The summed E-state index contributed by atoms with van der Waals surface area (Å²) in [5.41, 5.74) is 1.08. The SMILES string of the molecule is Cc1ccccc1OCC(=O)N1CCCC[C@@H]1CCN1CCCCC1. The van der Waals surface area contributed by atoms with E-state index in [1.807, 2.05) is 31.2 Å². The number of carbonyl (C=O) groups excluding carboxylic acids is 1. The van der Waals surface area contributed by atoms with Gasteiger partial charge in [0.1, 0.15) is 5.75 Å². The number of benzene rings is 1. The molecule has 3 rings (SSSR count). The highest BCUT2D eigenvalue weighted by molar-refractivity contribution is 5.78. The molecular weight excluding hydrogens is 312 g/mol. The summed E-state index contributed by atoms with van der Waals surface area (Å²) in [6, 6.07) is 8.29. The van der Waals surface area contributed by atoms with E-state index in [-0.39, 0.29) is 12.5 Å². The van der Waals surface area contributed by atoms with Crippen molar-refractivity contribution in [1.29, 1.82) is 0 Å². The van der Waals surface area contributed by atoms with Crippen LogP contribution in [0.4, 0.5) is 0 Å². The predicted molar refractivity (Wildman–Crippen MR) is 101 cm³/mol. The van der Waals surface area contributed by atoms with Gasteiger partial charge in [-0.05, 0) is 70.2 Å². The lowest BCUT2D eigenvalue weighted by atomic mass is 9.98. The Bertz CT molecular complexity index is 555. The van der Waals surface area contributed by atoms with Crippen LogP contribution in [0.5, 0.6) is 5.75 Å². The summed E-state index contributed by atoms with van der Waals surface area (Å²) in [4.78, 5) is 17.4. The Hall–Kier alpha value is -1.55. The lowest BCUT2D eigenvalue weighted by Crippen LogP contribution is -2.47. The summed E-state index contributed by atoms with van der Waals surface area (Å²) < 4.78 is 5.79. The number of amides is 1. The standard InChI is InChI=1S/C21H32N2O2/c1-18-9-3-4-11-20(18)25-17-21(24)23-15-8-5-10-19(23)12-16-22-13-6-2-7-14-22/h3-4,9,11,19H,2,5-8,10,12-17H2,1H3/t19-/m1/s1. The fourth-order valence-corrected chi connectivity index (χ4v) is 4.08. The minimum Gasteiger partial charge on any atom is -0.484 e. The lowest BCUT2D eigenvalue weighted by molar-refractivity contribution is -0.137. The third-order valence-electron chi connectivity index (χ3n) is 5.62. The molecule has 1 amide bonds. The first-order valence-corrected chi connectivity index (χ1v) is 9.94. The second kappa shape index (κ2) is 9.23. The van der Waals surface area contributed by atoms with Crippen LogP contribution in [0.15, 0.2) is 24.3 Å². The number of likely N-dealkylation sites (tertiary alicyclic amines) is 2. The first kappa shape index (κ1) is 18.2. The van der Waals surface area contributed by atoms with E-state index in [9.17, 15) is 4.79 Å². The first-order chi connectivity index (χ1) is 12.2. The minimum atomic E-state index is 0.145. The molecule has 1 aromatic carbocycles. The van der Waals surface area contributed by atoms with Crippen LogP contribution >= 0.6 is 0 Å². The van der Waals surface area contributed by atoms with E-state index < -0.39 is 0 Å². The molecule has 0 aromatic heterocycles. The molecule has 0 aliphatic carbocycles. The van der Waals surface area contributed by atoms with Crippen LogP contribution in [0.25, 0.3) is 0 Å². The van der Waals surface area contributed by atoms with Gasteiger partial charge < -0.3 is 14.5 Å². The van der Waals surface area contributed by atoms with Crippen LogP contribution in [0, 0.1) is 6.92 Å². The van der Waals surface area contributed by atoms with Crippen molar-refractivity contribution in [2.75, 3.05) is 32.8 Å². The van der Waals surface area contributed by atoms with Gasteiger partial charge in [0.2, 0.25) is 0 Å². The van der Waals surface area contributed by atoms with Crippen molar-refractivity contribution in [3.05, 3.63) is 29.8 Å². The van der Waals surface area contributed by atoms with Crippen molar-refractivity contribution in [3.63, 3.8) is 0 Å². The van der Waals surface area contributed by atoms with Gasteiger partial charge in [-0.1, -0.05) is 24.6 Å². The molecule has 2 heterocycles. The normalized spacial score (nSPS) is 22.0. The summed E-state index contributed by atoms with van der Waals surface area (Å²) in [5.74, 6) is 0.962. The maximum Gasteiger partial charge on any atom is 0.260 e. The quantitative estimate of drug-likeness (QED) is 0.790. The number of aryl methyl sites for hydroxylation is 1. The fourth-order valence-electron chi connectivity index (χ4n) is 4.08. The molecule has 0 spiro atoms. The van der Waals surface area contributed by atoms with Gasteiger partial charge in [0.25, 0.3) is 5.91 Å². The third-order valence-corrected chi connectivity index (χ3v) is 5.62. The molecule has 0 unspecified atom stereocenters. The predicted octanol–water partition coefficient (Wildman–Crippen LogP) is 3.63. The lowest BCUT2D eigenvalue weighted by Gasteiger charge is -2.37. The number of nitrogens with zero attached hydrogens (tertiary/aromatic N) is 2. The molecule has 4 heteroatoms. The van der Waals surface area contributed by atoms with Crippen LogP contribution in [0.2, 0.25) is 0 Å². The Morgan fingerprint density at radius 1 is 1.08 bits per heavy atom. The molecule has 0 radical (unpaired) electrons. The molecule has 1 atom stereocenters. The highest BCUT2D eigenvalue weighted by Gasteiger charge is 2.27. The van der Waals surface area contributed by atoms with E-state index in [0.717, 1.165) is 43.7 Å². The van der Waals surface area contributed by atoms with Gasteiger partial charge in [0.05, 0.1) is 0 Å². The number of hydrogen-bond acceptors (Lipinski definition) is 3. The summed E-state index contributed by atoms with van der Waals surface area (Å²) in [7, 11) is 0. The van der Waals surface area contributed by atoms with Crippen molar-refractivity contribution in [2.45, 2.75) is 57.9 Å². The average Bonchev–Trinajstić information content (AvgIpc) is 2.66. The zero-order valence-corrected chi connectivity index (χ0v) is 15.6. The van der Waals surface area contributed by atoms with E-state index in [4.69, 9.17) is 4.74 Å². The zero-order valence-electron chi connectivity index (χ0n) is 15.6. The molecule has 2 fully saturated rings. The maximum atomic E-state index is 12.7. The van der Waals surface area contributed by atoms with Gasteiger partial charge in [-0.25, -0.2) is 0 Å². The van der Waals surface area contributed by atoms with Gasteiger partial charge in [0.15, 0.2) is 6.61 Å². The molecule has 138 valence electrons. The van der Waals surface area contributed by atoms with Crippen molar-refractivity contribution in [1.82, 2.24) is 9.80 Å². The highest BCUT2D eigenvalue weighted by Crippen LogP contribution is 2.22. The van der Waals surface area contributed by atoms with Crippen LogP contribution in [0.1, 0.15) is 50.5 Å². The van der Waals surface area contributed by atoms with Crippen molar-refractivity contribution in [3.8, 4) is 5.75 Å². The molecule has 25 heavy (non-hydrogen) atoms. The van der Waals surface area contributed by atoms with Crippen LogP contribution in [-0.2, 0) is 4.79 Å². The molecular formula is C21H32N2O2. The Morgan fingerprint density at radius 3 is 2.64 bits per heavy atom. The largest absolute Gasteiger partial charge is 0.484 e. The topological polar surface area (TPSA) is 32.8 Å². The third kappa shape index (κ3) is 5.21. The van der Waals surface area contributed by atoms with Gasteiger partial charge in [-0.2, -0.15) is 0 Å². The Kier molecular flexibility index (Phi) is 6.74. The van der Waals surface area contributed by atoms with E-state index in [0.29, 0.717) is 6.04 Å². The monoisotopic (exact) mass is 344 g/mol. The number of para-hydroxylation sites is 1. The minimum absolute atomic E-state index is 0.145. The van der Waals surface area contributed by atoms with Crippen molar-refractivity contribution < 1.29 is 9.53 Å². The van der Waals surface area contributed by atoms with Crippen LogP contribution in [0.3, 0.4) is 0 Å². The molecule has 0 bridgehead atoms. The maximum absolute atomic E-state index is 12.7. The van der Waals surface area contributed by atoms with E-state index in [2.05, 4.69) is 9.80 Å².